The number of nitrogens with zero attached hydrogens (tertiary/aromatic N) is 7. The summed E-state index contributed by atoms with van der Waals surface area (Å²) in [5.41, 5.74) is 5.83. The third-order valence-electron chi connectivity index (χ3n) is 3.86. The van der Waals surface area contributed by atoms with Crippen LogP contribution in [0.25, 0.3) is 0 Å². The fourth-order valence-electron chi connectivity index (χ4n) is 2.39. The Hall–Kier alpha value is -3.80. The lowest BCUT2D eigenvalue weighted by molar-refractivity contribution is 0.102. The molecule has 3 rings (SSSR count). The molecule has 0 aliphatic rings. The first-order valence-electron chi connectivity index (χ1n) is 8.88. The van der Waals surface area contributed by atoms with Crippen LogP contribution in [0.5, 0.6) is 0 Å². The van der Waals surface area contributed by atoms with E-state index >= 15 is 0 Å². The van der Waals surface area contributed by atoms with E-state index in [0.717, 1.165) is 0 Å². The van der Waals surface area contributed by atoms with Gasteiger partial charge in [0.15, 0.2) is 17.5 Å². The summed E-state index contributed by atoms with van der Waals surface area (Å²) >= 11 is 0. The van der Waals surface area contributed by atoms with Crippen molar-refractivity contribution in [1.82, 2.24) is 30.2 Å². The maximum Gasteiger partial charge on any atom is 0.260 e. The lowest BCUT2D eigenvalue weighted by Gasteiger charge is -2.12. The molecule has 0 bridgehead atoms. The van der Waals surface area contributed by atoms with Gasteiger partial charge in [-0.15, -0.1) is 15.3 Å². The van der Waals surface area contributed by atoms with E-state index in [9.17, 15) is 4.79 Å². The number of aromatic nitrogens is 6. The van der Waals surface area contributed by atoms with Gasteiger partial charge < -0.3 is 26.6 Å². The highest BCUT2D eigenvalue weighted by Gasteiger charge is 2.16. The van der Waals surface area contributed by atoms with Gasteiger partial charge in [0, 0.05) is 27.7 Å². The fourth-order valence-corrected chi connectivity index (χ4v) is 2.39. The normalized spacial score (nSPS) is 10.5. The molecule has 5 N–H and O–H groups in total. The summed E-state index contributed by atoms with van der Waals surface area (Å²) in [6, 6.07) is 6.80. The average molecular weight is 397 g/mol. The summed E-state index contributed by atoms with van der Waals surface area (Å²) in [4.78, 5) is 20.5. The monoisotopic (exact) mass is 397 g/mol. The standard InChI is InChI=1S/C17H23N11O/c1-19-12-5-4-11(16(21-12)22-14-10-20-28(26-14)9-8-18)17(29)23-13-6-7-15(25-24-13)27(2)3/h4-7,10H,8-9,18H2,1-3H3,(H,23,24,29)(H2,19,21,22,26). The molecular formula is C17H23N11O. The number of carbonyl (C=O) groups is 1. The van der Waals surface area contributed by atoms with Crippen molar-refractivity contribution in [1.29, 1.82) is 0 Å². The molecule has 0 fully saturated rings. The number of anilines is 5. The van der Waals surface area contributed by atoms with Gasteiger partial charge >= 0.3 is 0 Å². The zero-order valence-electron chi connectivity index (χ0n) is 16.4. The maximum atomic E-state index is 12.8. The Balaban J connectivity index is 1.82. The summed E-state index contributed by atoms with van der Waals surface area (Å²) < 4.78 is 0. The summed E-state index contributed by atoms with van der Waals surface area (Å²) in [5.74, 6) is 2.00. The molecule has 0 aliphatic carbocycles. The van der Waals surface area contributed by atoms with Crippen molar-refractivity contribution < 1.29 is 4.79 Å². The van der Waals surface area contributed by atoms with Crippen molar-refractivity contribution in [2.45, 2.75) is 6.54 Å². The van der Waals surface area contributed by atoms with Crippen molar-refractivity contribution in [3.63, 3.8) is 0 Å². The fraction of sp³-hybridized carbons (Fsp3) is 0.294. The molecule has 1 amide bonds. The van der Waals surface area contributed by atoms with E-state index < -0.39 is 0 Å². The van der Waals surface area contributed by atoms with E-state index in [1.54, 1.807) is 31.3 Å². The van der Waals surface area contributed by atoms with Crippen LogP contribution >= 0.6 is 0 Å². The second kappa shape index (κ2) is 8.93. The molecule has 0 saturated carbocycles. The maximum absolute atomic E-state index is 12.8. The molecule has 12 heteroatoms. The van der Waals surface area contributed by atoms with Crippen LogP contribution in [-0.2, 0) is 6.54 Å². The van der Waals surface area contributed by atoms with Crippen LogP contribution < -0.4 is 26.6 Å². The molecule has 0 aromatic carbocycles. The highest BCUT2D eigenvalue weighted by atomic mass is 16.1. The SMILES string of the molecule is CNc1ccc(C(=O)Nc2ccc(N(C)C)nn2)c(Nc2cnn(CCN)n2)n1. The number of amides is 1. The molecule has 12 nitrogen and oxygen atoms in total. The second-order valence-electron chi connectivity index (χ2n) is 6.21. The van der Waals surface area contributed by atoms with E-state index in [4.69, 9.17) is 5.73 Å². The van der Waals surface area contributed by atoms with E-state index in [2.05, 4.69) is 41.3 Å². The van der Waals surface area contributed by atoms with Gasteiger partial charge in [-0.1, -0.05) is 0 Å². The molecule has 0 atom stereocenters. The molecule has 0 unspecified atom stereocenters. The third kappa shape index (κ3) is 4.93. The molecule has 0 radical (unpaired) electrons. The first-order chi connectivity index (χ1) is 14.0. The van der Waals surface area contributed by atoms with Crippen LogP contribution in [0.2, 0.25) is 0 Å². The molecule has 3 heterocycles. The molecule has 3 aromatic heterocycles. The largest absolute Gasteiger partial charge is 0.373 e. The molecular weight excluding hydrogens is 374 g/mol. The van der Waals surface area contributed by atoms with Gasteiger partial charge in [-0.2, -0.15) is 9.90 Å². The summed E-state index contributed by atoms with van der Waals surface area (Å²) in [6.07, 6.45) is 1.54. The average Bonchev–Trinajstić information content (AvgIpc) is 3.15. The highest BCUT2D eigenvalue weighted by Crippen LogP contribution is 2.21. The number of hydrogen-bond donors (Lipinski definition) is 4. The molecule has 0 aliphatic heterocycles. The quantitative estimate of drug-likeness (QED) is 0.423. The van der Waals surface area contributed by atoms with E-state index in [1.165, 1.54) is 11.0 Å². The summed E-state index contributed by atoms with van der Waals surface area (Å²) in [5, 5.41) is 25.1. The van der Waals surface area contributed by atoms with Gasteiger partial charge in [-0.05, 0) is 24.3 Å². The van der Waals surface area contributed by atoms with Crippen molar-refractivity contribution >= 4 is 35.0 Å². The predicted octanol–water partition coefficient (Wildman–Crippen LogP) is 0.525. The summed E-state index contributed by atoms with van der Waals surface area (Å²) in [6.45, 7) is 0.906. The molecule has 0 spiro atoms. The molecule has 0 saturated heterocycles. The predicted molar refractivity (Wildman–Crippen MR) is 110 cm³/mol. The topological polar surface area (TPSA) is 152 Å². The third-order valence-corrected chi connectivity index (χ3v) is 3.86. The van der Waals surface area contributed by atoms with Crippen LogP contribution in [0.15, 0.2) is 30.5 Å². The smallest absolute Gasteiger partial charge is 0.260 e. The van der Waals surface area contributed by atoms with Crippen molar-refractivity contribution in [3.05, 3.63) is 36.0 Å². The highest BCUT2D eigenvalue weighted by molar-refractivity contribution is 6.07. The Labute approximate surface area is 167 Å². The van der Waals surface area contributed by atoms with Crippen molar-refractivity contribution in [3.8, 4) is 0 Å². The van der Waals surface area contributed by atoms with E-state index in [1.807, 2.05) is 19.0 Å². The second-order valence-corrected chi connectivity index (χ2v) is 6.21. The Morgan fingerprint density at radius 3 is 2.59 bits per heavy atom. The number of rotatable bonds is 8. The van der Waals surface area contributed by atoms with Gasteiger partial charge in [0.1, 0.15) is 11.6 Å². The number of pyridine rings is 1. The van der Waals surface area contributed by atoms with Crippen LogP contribution in [0.4, 0.5) is 29.1 Å². The Bertz CT molecular complexity index is 968. The molecule has 152 valence electrons. The molecule has 3 aromatic rings. The van der Waals surface area contributed by atoms with Gasteiger partial charge in [0.2, 0.25) is 0 Å². The van der Waals surface area contributed by atoms with Crippen molar-refractivity contribution in [2.24, 2.45) is 5.73 Å². The number of nitrogens with two attached hydrogens (primary N) is 1. The zero-order chi connectivity index (χ0) is 20.8. The first-order valence-corrected chi connectivity index (χ1v) is 8.88. The number of nitrogens with one attached hydrogen (secondary N) is 3. The van der Waals surface area contributed by atoms with Crippen LogP contribution in [-0.4, -0.2) is 63.8 Å². The molecule has 29 heavy (non-hydrogen) atoms. The van der Waals surface area contributed by atoms with Crippen LogP contribution in [0, 0.1) is 0 Å². The van der Waals surface area contributed by atoms with Crippen molar-refractivity contribution in [2.75, 3.05) is 48.5 Å². The van der Waals surface area contributed by atoms with Crippen LogP contribution in [0.3, 0.4) is 0 Å². The van der Waals surface area contributed by atoms with Gasteiger partial charge in [-0.3, -0.25) is 4.79 Å². The van der Waals surface area contributed by atoms with E-state index in [0.29, 0.717) is 47.7 Å². The minimum absolute atomic E-state index is 0.316. The lowest BCUT2D eigenvalue weighted by Crippen LogP contribution is -2.17. The minimum atomic E-state index is -0.385. The Kier molecular flexibility index (Phi) is 6.14. The zero-order valence-corrected chi connectivity index (χ0v) is 16.4. The number of hydrogen-bond acceptors (Lipinski definition) is 10. The van der Waals surface area contributed by atoms with E-state index in [-0.39, 0.29) is 5.91 Å². The first kappa shape index (κ1) is 19.9. The van der Waals surface area contributed by atoms with Gasteiger partial charge in [0.25, 0.3) is 5.91 Å². The van der Waals surface area contributed by atoms with Crippen LogP contribution in [0.1, 0.15) is 10.4 Å². The number of carbonyl (C=O) groups excluding carboxylic acids is 1. The Morgan fingerprint density at radius 2 is 1.93 bits per heavy atom. The van der Waals surface area contributed by atoms with Gasteiger partial charge in [0.05, 0.1) is 18.3 Å². The minimum Gasteiger partial charge on any atom is -0.373 e. The Morgan fingerprint density at radius 1 is 1.14 bits per heavy atom. The lowest BCUT2D eigenvalue weighted by atomic mass is 10.2. The summed E-state index contributed by atoms with van der Waals surface area (Å²) in [7, 11) is 5.46. The van der Waals surface area contributed by atoms with Gasteiger partial charge in [-0.25, -0.2) is 4.98 Å².